The van der Waals surface area contributed by atoms with Gasteiger partial charge in [-0.15, -0.1) is 13.2 Å². The molecular formula is C4H9ClF3NO. The molecule has 0 aromatic rings. The summed E-state index contributed by atoms with van der Waals surface area (Å²) in [7, 11) is 1.68. The molecule has 0 rings (SSSR count). The lowest BCUT2D eigenvalue weighted by molar-refractivity contribution is -0.631. The molecule has 0 atom stereocenters. The van der Waals surface area contributed by atoms with Crippen LogP contribution in [-0.2, 0) is 4.74 Å². The van der Waals surface area contributed by atoms with Crippen molar-refractivity contribution in [2.24, 2.45) is 0 Å². The van der Waals surface area contributed by atoms with Crippen LogP contribution >= 0.6 is 0 Å². The van der Waals surface area contributed by atoms with E-state index in [1.807, 2.05) is 0 Å². The predicted molar refractivity (Wildman–Crippen MR) is 24.7 cm³/mol. The Bertz CT molecular complexity index is 77.4. The second kappa shape index (κ2) is 5.76. The van der Waals surface area contributed by atoms with Crippen LogP contribution in [0.4, 0.5) is 13.2 Å². The van der Waals surface area contributed by atoms with Crippen LogP contribution in [-0.4, -0.2) is 26.6 Å². The number of ether oxygens (including phenoxy) is 1. The van der Waals surface area contributed by atoms with Gasteiger partial charge in [0.15, 0.2) is 0 Å². The van der Waals surface area contributed by atoms with Gasteiger partial charge in [-0.1, -0.05) is 0 Å². The summed E-state index contributed by atoms with van der Waals surface area (Å²) in [4.78, 5) is 0. The maximum absolute atomic E-state index is 11.1. The average Bonchev–Trinajstić information content (AvgIpc) is 1.63. The molecule has 0 aliphatic rings. The Morgan fingerprint density at radius 2 is 1.90 bits per heavy atom. The van der Waals surface area contributed by atoms with E-state index in [4.69, 9.17) is 0 Å². The number of alkyl halides is 3. The highest BCUT2D eigenvalue weighted by atomic mass is 35.5. The summed E-state index contributed by atoms with van der Waals surface area (Å²) in [6.45, 7) is 0.0551. The molecule has 0 fully saturated rings. The van der Waals surface area contributed by atoms with Gasteiger partial charge in [0, 0.05) is 0 Å². The number of quaternary nitrogens is 1. The lowest BCUT2D eigenvalue weighted by Crippen LogP contribution is -3.00. The number of halogens is 4. The number of nitrogens with two attached hydrogens (primary N) is 1. The van der Waals surface area contributed by atoms with E-state index in [9.17, 15) is 13.2 Å². The van der Waals surface area contributed by atoms with E-state index in [0.29, 0.717) is 6.54 Å². The average molecular weight is 180 g/mol. The van der Waals surface area contributed by atoms with Gasteiger partial charge in [0.1, 0.15) is 6.61 Å². The van der Waals surface area contributed by atoms with Gasteiger partial charge in [0.25, 0.3) is 0 Å². The second-order valence-corrected chi connectivity index (χ2v) is 1.49. The molecule has 0 saturated heterocycles. The van der Waals surface area contributed by atoms with Crippen molar-refractivity contribution in [2.75, 3.05) is 20.2 Å². The first kappa shape index (κ1) is 12.7. The van der Waals surface area contributed by atoms with Crippen LogP contribution in [0.1, 0.15) is 0 Å². The first-order valence-electron chi connectivity index (χ1n) is 2.55. The van der Waals surface area contributed by atoms with E-state index < -0.39 is 6.36 Å². The number of hydrogen-bond donors (Lipinski definition) is 1. The quantitative estimate of drug-likeness (QED) is 0.452. The van der Waals surface area contributed by atoms with Gasteiger partial charge in [0.05, 0.1) is 13.6 Å². The third-order valence-electron chi connectivity index (χ3n) is 0.672. The highest BCUT2D eigenvalue weighted by Crippen LogP contribution is 2.14. The fraction of sp³-hybridized carbons (Fsp3) is 1.00. The van der Waals surface area contributed by atoms with Gasteiger partial charge in [-0.2, -0.15) is 0 Å². The Morgan fingerprint density at radius 1 is 1.40 bits per heavy atom. The molecule has 0 radical (unpaired) electrons. The smallest absolute Gasteiger partial charge is 0.522 e. The molecule has 2 N–H and O–H groups in total. The van der Waals surface area contributed by atoms with Crippen LogP contribution < -0.4 is 17.7 Å². The minimum absolute atomic E-state index is 0. The van der Waals surface area contributed by atoms with Crippen molar-refractivity contribution in [3.63, 3.8) is 0 Å². The molecule has 0 heterocycles. The van der Waals surface area contributed by atoms with Crippen molar-refractivity contribution in [1.29, 1.82) is 0 Å². The van der Waals surface area contributed by atoms with Crippen LogP contribution in [0.15, 0.2) is 0 Å². The van der Waals surface area contributed by atoms with Crippen molar-refractivity contribution in [3.8, 4) is 0 Å². The van der Waals surface area contributed by atoms with E-state index in [0.717, 1.165) is 0 Å². The third-order valence-corrected chi connectivity index (χ3v) is 0.672. The van der Waals surface area contributed by atoms with Crippen molar-refractivity contribution >= 4 is 0 Å². The van der Waals surface area contributed by atoms with Gasteiger partial charge in [0.2, 0.25) is 0 Å². The minimum atomic E-state index is -4.47. The largest absolute Gasteiger partial charge is 1.00 e. The van der Waals surface area contributed by atoms with Crippen molar-refractivity contribution in [2.45, 2.75) is 6.36 Å². The Hall–Kier alpha value is -0.0000000000000000555. The van der Waals surface area contributed by atoms with E-state index in [1.54, 1.807) is 12.4 Å². The highest BCUT2D eigenvalue weighted by molar-refractivity contribution is 4.26. The Labute approximate surface area is 63.1 Å². The zero-order valence-corrected chi connectivity index (χ0v) is 6.17. The first-order valence-corrected chi connectivity index (χ1v) is 2.55. The fourth-order valence-corrected chi connectivity index (χ4v) is 0.293. The van der Waals surface area contributed by atoms with Gasteiger partial charge in [-0.3, -0.25) is 4.74 Å². The molecule has 10 heavy (non-hydrogen) atoms. The molecular weight excluding hydrogens is 170 g/mol. The molecule has 0 amide bonds. The van der Waals surface area contributed by atoms with Crippen molar-refractivity contribution in [1.82, 2.24) is 0 Å². The topological polar surface area (TPSA) is 25.8 Å². The Kier molecular flexibility index (Phi) is 7.29. The molecule has 2 nitrogen and oxygen atoms in total. The molecule has 0 aromatic heterocycles. The normalized spacial score (nSPS) is 10.8. The lowest BCUT2D eigenvalue weighted by Gasteiger charge is -2.04. The summed E-state index contributed by atoms with van der Waals surface area (Å²) in [5, 5.41) is 1.62. The predicted octanol–water partition coefficient (Wildman–Crippen LogP) is -3.28. The van der Waals surface area contributed by atoms with Gasteiger partial charge < -0.3 is 17.7 Å². The summed E-state index contributed by atoms with van der Waals surface area (Å²) in [6, 6.07) is 0. The summed E-state index contributed by atoms with van der Waals surface area (Å²) < 4.78 is 36.9. The number of rotatable bonds is 3. The molecule has 0 spiro atoms. The van der Waals surface area contributed by atoms with Crippen LogP contribution in [0.25, 0.3) is 0 Å². The zero-order chi connectivity index (χ0) is 7.33. The molecule has 64 valence electrons. The van der Waals surface area contributed by atoms with Gasteiger partial charge in [-0.25, -0.2) is 0 Å². The van der Waals surface area contributed by atoms with Crippen molar-refractivity contribution < 1.29 is 35.6 Å². The molecule has 6 heteroatoms. The van der Waals surface area contributed by atoms with E-state index in [-0.39, 0.29) is 19.0 Å². The second-order valence-electron chi connectivity index (χ2n) is 1.49. The minimum Gasteiger partial charge on any atom is -1.00 e. The summed E-state index contributed by atoms with van der Waals surface area (Å²) in [6.07, 6.45) is -4.47. The SMILES string of the molecule is C[NH2+]CCOC(F)(F)F.[Cl-]. The van der Waals surface area contributed by atoms with Crippen LogP contribution in [0, 0.1) is 0 Å². The summed E-state index contributed by atoms with van der Waals surface area (Å²) in [5.41, 5.74) is 0. The molecule has 0 saturated carbocycles. The van der Waals surface area contributed by atoms with Gasteiger partial charge >= 0.3 is 6.36 Å². The summed E-state index contributed by atoms with van der Waals surface area (Å²) in [5.74, 6) is 0. The third kappa shape index (κ3) is 10.9. The number of likely N-dealkylation sites (N-methyl/N-ethyl adjacent to an activating group) is 1. The zero-order valence-electron chi connectivity index (χ0n) is 5.41. The Balaban J connectivity index is 0. The van der Waals surface area contributed by atoms with Crippen LogP contribution in [0.5, 0.6) is 0 Å². The van der Waals surface area contributed by atoms with E-state index in [2.05, 4.69) is 4.74 Å². The molecule has 0 aliphatic carbocycles. The maximum Gasteiger partial charge on any atom is 0.522 e. The van der Waals surface area contributed by atoms with Crippen LogP contribution in [0.2, 0.25) is 0 Å². The van der Waals surface area contributed by atoms with E-state index >= 15 is 0 Å². The first-order chi connectivity index (χ1) is 4.06. The lowest BCUT2D eigenvalue weighted by atomic mass is 10.7. The molecule has 0 unspecified atom stereocenters. The number of hydrogen-bond acceptors (Lipinski definition) is 1. The fourth-order valence-electron chi connectivity index (χ4n) is 0.293. The molecule has 0 bridgehead atoms. The summed E-state index contributed by atoms with van der Waals surface area (Å²) >= 11 is 0. The van der Waals surface area contributed by atoms with Gasteiger partial charge in [-0.05, 0) is 0 Å². The highest BCUT2D eigenvalue weighted by Gasteiger charge is 2.28. The monoisotopic (exact) mass is 179 g/mol. The Morgan fingerprint density at radius 3 is 2.20 bits per heavy atom. The standard InChI is InChI=1S/C4H8F3NO.ClH/c1-8-2-3-9-4(5,6)7;/h8H,2-3H2,1H3;1H. The van der Waals surface area contributed by atoms with Crippen molar-refractivity contribution in [3.05, 3.63) is 0 Å². The van der Waals surface area contributed by atoms with E-state index in [1.165, 1.54) is 0 Å². The van der Waals surface area contributed by atoms with Crippen LogP contribution in [0.3, 0.4) is 0 Å². The molecule has 0 aromatic carbocycles. The maximum atomic E-state index is 11.1. The molecule has 0 aliphatic heterocycles.